The molecule has 0 atom stereocenters. The van der Waals surface area contributed by atoms with Crippen molar-refractivity contribution < 1.29 is 14.3 Å². The molecule has 1 saturated heterocycles. The quantitative estimate of drug-likeness (QED) is 0.817. The van der Waals surface area contributed by atoms with Crippen molar-refractivity contribution in [3.05, 3.63) is 59.7 Å². The Balaban J connectivity index is 1.63. The summed E-state index contributed by atoms with van der Waals surface area (Å²) in [6.45, 7) is 2.37. The first-order chi connectivity index (χ1) is 13.5. The van der Waals surface area contributed by atoms with E-state index in [4.69, 9.17) is 4.74 Å². The van der Waals surface area contributed by atoms with E-state index in [0.29, 0.717) is 37.3 Å². The lowest BCUT2D eigenvalue weighted by Gasteiger charge is -2.22. The molecule has 1 aliphatic heterocycles. The van der Waals surface area contributed by atoms with Crippen LogP contribution in [0.15, 0.2) is 48.5 Å². The van der Waals surface area contributed by atoms with Crippen LogP contribution in [0, 0.1) is 0 Å². The van der Waals surface area contributed by atoms with E-state index in [1.165, 1.54) is 0 Å². The third kappa shape index (κ3) is 4.44. The Kier molecular flexibility index (Phi) is 6.19. The van der Waals surface area contributed by atoms with E-state index in [1.54, 1.807) is 31.4 Å². The van der Waals surface area contributed by atoms with Crippen LogP contribution in [0.1, 0.15) is 27.1 Å². The number of carbonyl (C=O) groups excluding carboxylic acids is 2. The average Bonchev–Trinajstić information content (AvgIpc) is 2.99. The molecule has 0 radical (unpaired) electrons. The van der Waals surface area contributed by atoms with Crippen LogP contribution < -0.4 is 9.64 Å². The third-order valence-corrected chi connectivity index (χ3v) is 5.04. The molecule has 2 aromatic carbocycles. The molecule has 0 unspecified atom stereocenters. The van der Waals surface area contributed by atoms with Crippen LogP contribution in [0.2, 0.25) is 0 Å². The highest BCUT2D eigenvalue weighted by atomic mass is 16.5. The number of nitrogens with zero attached hydrogens (tertiary/aromatic N) is 3. The van der Waals surface area contributed by atoms with Crippen molar-refractivity contribution in [1.29, 1.82) is 0 Å². The molecule has 28 heavy (non-hydrogen) atoms. The Hall–Kier alpha value is -3.02. The van der Waals surface area contributed by atoms with Gasteiger partial charge in [0.15, 0.2) is 0 Å². The van der Waals surface area contributed by atoms with Crippen LogP contribution in [0.3, 0.4) is 0 Å². The van der Waals surface area contributed by atoms with Gasteiger partial charge in [-0.3, -0.25) is 9.59 Å². The Morgan fingerprint density at radius 2 is 1.25 bits per heavy atom. The van der Waals surface area contributed by atoms with Gasteiger partial charge < -0.3 is 19.4 Å². The zero-order valence-corrected chi connectivity index (χ0v) is 16.7. The second-order valence-corrected chi connectivity index (χ2v) is 7.11. The van der Waals surface area contributed by atoms with E-state index in [0.717, 1.165) is 17.9 Å². The van der Waals surface area contributed by atoms with Crippen molar-refractivity contribution >= 4 is 17.5 Å². The molecule has 1 fully saturated rings. The fraction of sp³-hybridized carbons (Fsp3) is 0.364. The summed E-state index contributed by atoms with van der Waals surface area (Å²) in [5, 5.41) is 0. The van der Waals surface area contributed by atoms with Gasteiger partial charge in [0.2, 0.25) is 0 Å². The number of anilines is 1. The molecule has 2 aromatic rings. The van der Waals surface area contributed by atoms with E-state index in [9.17, 15) is 9.59 Å². The maximum absolute atomic E-state index is 12.8. The topological polar surface area (TPSA) is 53.1 Å². The van der Waals surface area contributed by atoms with Gasteiger partial charge in [-0.05, 0) is 55.0 Å². The van der Waals surface area contributed by atoms with Crippen molar-refractivity contribution in [2.75, 3.05) is 52.3 Å². The number of benzene rings is 2. The maximum atomic E-state index is 12.8. The minimum Gasteiger partial charge on any atom is -0.497 e. The van der Waals surface area contributed by atoms with Crippen LogP contribution in [0.4, 0.5) is 5.69 Å². The summed E-state index contributed by atoms with van der Waals surface area (Å²) in [7, 11) is 5.55. The van der Waals surface area contributed by atoms with Gasteiger partial charge in [0.05, 0.1) is 7.11 Å². The van der Waals surface area contributed by atoms with Gasteiger partial charge in [0, 0.05) is 57.1 Å². The van der Waals surface area contributed by atoms with E-state index < -0.39 is 0 Å². The molecule has 6 heteroatoms. The summed E-state index contributed by atoms with van der Waals surface area (Å²) in [6, 6.07) is 14.8. The summed E-state index contributed by atoms with van der Waals surface area (Å²) in [4.78, 5) is 31.3. The van der Waals surface area contributed by atoms with Crippen LogP contribution in [0.25, 0.3) is 0 Å². The van der Waals surface area contributed by atoms with Crippen molar-refractivity contribution in [3.8, 4) is 5.75 Å². The Bertz CT molecular complexity index is 816. The van der Waals surface area contributed by atoms with E-state index >= 15 is 0 Å². The number of hydrogen-bond acceptors (Lipinski definition) is 4. The lowest BCUT2D eigenvalue weighted by Crippen LogP contribution is -2.37. The molecule has 0 aromatic heterocycles. The van der Waals surface area contributed by atoms with Crippen molar-refractivity contribution in [3.63, 3.8) is 0 Å². The number of rotatable bonds is 4. The molecule has 6 nitrogen and oxygen atoms in total. The van der Waals surface area contributed by atoms with E-state index in [1.807, 2.05) is 53.1 Å². The predicted molar refractivity (Wildman–Crippen MR) is 110 cm³/mol. The van der Waals surface area contributed by atoms with Gasteiger partial charge in [0.25, 0.3) is 11.8 Å². The van der Waals surface area contributed by atoms with Crippen molar-refractivity contribution in [2.24, 2.45) is 0 Å². The van der Waals surface area contributed by atoms with Gasteiger partial charge in [-0.1, -0.05) is 0 Å². The third-order valence-electron chi connectivity index (χ3n) is 5.04. The molecule has 0 spiro atoms. The highest BCUT2D eigenvalue weighted by Gasteiger charge is 2.23. The molecule has 0 bridgehead atoms. The monoisotopic (exact) mass is 381 g/mol. The second-order valence-electron chi connectivity index (χ2n) is 7.11. The van der Waals surface area contributed by atoms with Crippen LogP contribution in [0.5, 0.6) is 5.75 Å². The minimum atomic E-state index is -0.00714. The highest BCUT2D eigenvalue weighted by Crippen LogP contribution is 2.17. The lowest BCUT2D eigenvalue weighted by molar-refractivity contribution is 0.0718. The molecule has 1 aliphatic rings. The molecule has 0 N–H and O–H groups in total. The number of methoxy groups -OCH3 is 1. The first-order valence-corrected chi connectivity index (χ1v) is 9.49. The van der Waals surface area contributed by atoms with E-state index in [-0.39, 0.29) is 11.8 Å². The van der Waals surface area contributed by atoms with Gasteiger partial charge in [-0.15, -0.1) is 0 Å². The second kappa shape index (κ2) is 8.78. The molecule has 1 heterocycles. The number of amides is 2. The minimum absolute atomic E-state index is 0.00714. The maximum Gasteiger partial charge on any atom is 0.253 e. The summed E-state index contributed by atoms with van der Waals surface area (Å²) in [5.41, 5.74) is 2.38. The molecular formula is C22H27N3O3. The summed E-state index contributed by atoms with van der Waals surface area (Å²) in [6.07, 6.45) is 0.767. The van der Waals surface area contributed by atoms with Crippen molar-refractivity contribution in [2.45, 2.75) is 6.42 Å². The largest absolute Gasteiger partial charge is 0.497 e. The highest BCUT2D eigenvalue weighted by molar-refractivity contribution is 5.95. The summed E-state index contributed by atoms with van der Waals surface area (Å²) < 4.78 is 5.15. The van der Waals surface area contributed by atoms with Gasteiger partial charge in [-0.25, -0.2) is 0 Å². The Morgan fingerprint density at radius 1 is 0.786 bits per heavy atom. The first kappa shape index (κ1) is 19.7. The molecule has 3 rings (SSSR count). The molecule has 148 valence electrons. The number of ether oxygens (including phenoxy) is 1. The standard InChI is InChI=1S/C22H27N3O3/c1-23(2)19-9-5-17(6-10-19)21(26)24-13-4-14-25(16-15-24)22(27)18-7-11-20(28-3)12-8-18/h5-12H,4,13-16H2,1-3H3. The zero-order valence-electron chi connectivity index (χ0n) is 16.7. The van der Waals surface area contributed by atoms with Gasteiger partial charge >= 0.3 is 0 Å². The fourth-order valence-corrected chi connectivity index (χ4v) is 3.32. The average molecular weight is 381 g/mol. The summed E-state index contributed by atoms with van der Waals surface area (Å²) >= 11 is 0. The van der Waals surface area contributed by atoms with Crippen LogP contribution >= 0.6 is 0 Å². The first-order valence-electron chi connectivity index (χ1n) is 9.49. The smallest absolute Gasteiger partial charge is 0.253 e. The zero-order chi connectivity index (χ0) is 20.1. The summed E-state index contributed by atoms with van der Waals surface area (Å²) in [5.74, 6) is 0.737. The fourth-order valence-electron chi connectivity index (χ4n) is 3.32. The normalized spacial score (nSPS) is 14.4. The molecule has 0 aliphatic carbocycles. The van der Waals surface area contributed by atoms with Gasteiger partial charge in [0.1, 0.15) is 5.75 Å². The van der Waals surface area contributed by atoms with Gasteiger partial charge in [-0.2, -0.15) is 0 Å². The Labute approximate surface area is 166 Å². The van der Waals surface area contributed by atoms with Crippen LogP contribution in [-0.4, -0.2) is 69.0 Å². The molecule has 2 amide bonds. The number of carbonyl (C=O) groups is 2. The molecule has 0 saturated carbocycles. The van der Waals surface area contributed by atoms with Crippen LogP contribution in [-0.2, 0) is 0 Å². The predicted octanol–water partition coefficient (Wildman–Crippen LogP) is 2.75. The number of hydrogen-bond donors (Lipinski definition) is 0. The van der Waals surface area contributed by atoms with E-state index in [2.05, 4.69) is 0 Å². The Morgan fingerprint density at radius 3 is 1.68 bits per heavy atom. The SMILES string of the molecule is COc1ccc(C(=O)N2CCCN(C(=O)c3ccc(N(C)C)cc3)CC2)cc1. The van der Waals surface area contributed by atoms with Crippen molar-refractivity contribution in [1.82, 2.24) is 9.80 Å². The lowest BCUT2D eigenvalue weighted by atomic mass is 10.1. The molecular weight excluding hydrogens is 354 g/mol.